The molecule has 0 radical (unpaired) electrons. The van der Waals surface area contributed by atoms with Crippen molar-refractivity contribution in [3.8, 4) is 5.75 Å². The summed E-state index contributed by atoms with van der Waals surface area (Å²) in [5.74, 6) is 0.886. The molecular weight excluding hydrogens is 373 g/mol. The number of para-hydroxylation sites is 1. The molecule has 3 aromatic carbocycles. The number of hydrogen-bond acceptors (Lipinski definition) is 2. The van der Waals surface area contributed by atoms with Crippen LogP contribution in [0, 0.1) is 0 Å². The summed E-state index contributed by atoms with van der Waals surface area (Å²) in [6, 6.07) is 30.6. The topological polar surface area (TPSA) is 21.6 Å². The fourth-order valence-electron chi connectivity index (χ4n) is 4.23. The average molecular weight is 401 g/mol. The summed E-state index contributed by atoms with van der Waals surface area (Å²) in [5.41, 5.74) is 1.62. The lowest BCUT2D eigenvalue weighted by Gasteiger charge is -2.36. The van der Waals surface area contributed by atoms with Gasteiger partial charge in [0.05, 0.1) is 13.2 Å². The largest absolute Gasteiger partial charge is 0.496 e. The molecule has 0 saturated heterocycles. The van der Waals surface area contributed by atoms with Crippen LogP contribution >= 0.6 is 7.92 Å². The molecular formula is C26H28NOP. The van der Waals surface area contributed by atoms with Gasteiger partial charge >= 0.3 is 0 Å². The maximum atomic E-state index is 5.51. The minimum Gasteiger partial charge on any atom is -0.496 e. The van der Waals surface area contributed by atoms with Crippen LogP contribution < -0.4 is 15.3 Å². The van der Waals surface area contributed by atoms with Gasteiger partial charge in [0, 0.05) is 17.4 Å². The first kappa shape index (κ1) is 19.9. The molecule has 1 saturated carbocycles. The lowest BCUT2D eigenvalue weighted by molar-refractivity contribution is 0.414. The van der Waals surface area contributed by atoms with E-state index < -0.39 is 7.92 Å². The number of aliphatic imine (C=N–C) groups is 1. The first-order valence-corrected chi connectivity index (χ1v) is 11.8. The lowest BCUT2D eigenvalue weighted by atomic mass is 9.95. The minimum atomic E-state index is -0.445. The van der Waals surface area contributed by atoms with Crippen LogP contribution in [0.1, 0.15) is 31.2 Å². The van der Waals surface area contributed by atoms with Gasteiger partial charge < -0.3 is 4.74 Å². The van der Waals surface area contributed by atoms with Gasteiger partial charge in [0.15, 0.2) is 0 Å². The summed E-state index contributed by atoms with van der Waals surface area (Å²) in [4.78, 5) is 5.13. The molecule has 1 aliphatic rings. The van der Waals surface area contributed by atoms with E-state index in [2.05, 4.69) is 66.7 Å². The van der Waals surface area contributed by atoms with Crippen molar-refractivity contribution in [2.75, 3.05) is 7.11 Å². The Hall–Kier alpha value is -2.44. The van der Waals surface area contributed by atoms with E-state index in [-0.39, 0.29) is 0 Å². The highest BCUT2D eigenvalue weighted by molar-refractivity contribution is 7.73. The average Bonchev–Trinajstić information content (AvgIpc) is 2.80. The predicted molar refractivity (Wildman–Crippen MR) is 126 cm³/mol. The summed E-state index contributed by atoms with van der Waals surface area (Å²) >= 11 is 0. The molecule has 0 aliphatic heterocycles. The van der Waals surface area contributed by atoms with Gasteiger partial charge in [-0.15, -0.1) is 0 Å². The van der Waals surface area contributed by atoms with Crippen LogP contribution in [0.2, 0.25) is 0 Å². The maximum Gasteiger partial charge on any atom is 0.127 e. The number of methoxy groups -OCH3 is 1. The zero-order valence-electron chi connectivity index (χ0n) is 16.9. The molecule has 0 aromatic heterocycles. The van der Waals surface area contributed by atoms with Crippen LogP contribution in [-0.2, 0) is 0 Å². The Kier molecular flexibility index (Phi) is 6.75. The van der Waals surface area contributed by atoms with E-state index in [4.69, 9.17) is 9.73 Å². The van der Waals surface area contributed by atoms with Crippen LogP contribution in [0.5, 0.6) is 5.75 Å². The second-order valence-corrected chi connectivity index (χ2v) is 9.92. The van der Waals surface area contributed by atoms with Gasteiger partial charge in [-0.25, -0.2) is 0 Å². The molecule has 148 valence electrons. The van der Waals surface area contributed by atoms with E-state index in [1.54, 1.807) is 7.11 Å². The maximum absolute atomic E-state index is 5.51. The summed E-state index contributed by atoms with van der Waals surface area (Å²) in [5, 5.41) is 2.91. The summed E-state index contributed by atoms with van der Waals surface area (Å²) in [6.07, 6.45) is 6.99. The van der Waals surface area contributed by atoms with Crippen LogP contribution in [-0.4, -0.2) is 25.0 Å². The van der Waals surface area contributed by atoms with Crippen molar-refractivity contribution in [1.29, 1.82) is 0 Å². The summed E-state index contributed by atoms with van der Waals surface area (Å²) in [6.45, 7) is 0. The van der Waals surface area contributed by atoms with E-state index in [1.807, 2.05) is 24.4 Å². The van der Waals surface area contributed by atoms with Crippen LogP contribution in [0.15, 0.2) is 89.9 Å². The van der Waals surface area contributed by atoms with Crippen molar-refractivity contribution in [2.45, 2.75) is 37.4 Å². The highest BCUT2D eigenvalue weighted by Crippen LogP contribution is 2.47. The predicted octanol–water partition coefficient (Wildman–Crippen LogP) is 5.56. The van der Waals surface area contributed by atoms with E-state index in [1.165, 1.54) is 29.9 Å². The third kappa shape index (κ3) is 4.77. The first-order chi connectivity index (χ1) is 14.4. The third-order valence-corrected chi connectivity index (χ3v) is 8.61. The van der Waals surface area contributed by atoms with Crippen LogP contribution in [0.25, 0.3) is 0 Å². The smallest absolute Gasteiger partial charge is 0.127 e. The molecule has 2 atom stereocenters. The van der Waals surface area contributed by atoms with Gasteiger partial charge in [-0.05, 0) is 43.5 Å². The SMILES string of the molecule is COc1ccccc1C=N[C@@H]1CCCC[C@H]1P(c1ccccc1)c1ccccc1. The number of nitrogens with zero attached hydrogens (tertiary/aromatic N) is 1. The molecule has 29 heavy (non-hydrogen) atoms. The molecule has 4 rings (SSSR count). The van der Waals surface area contributed by atoms with Crippen LogP contribution in [0.4, 0.5) is 0 Å². The van der Waals surface area contributed by atoms with Crippen molar-refractivity contribution in [2.24, 2.45) is 4.99 Å². The number of ether oxygens (including phenoxy) is 1. The van der Waals surface area contributed by atoms with Gasteiger partial charge in [0.2, 0.25) is 0 Å². The Morgan fingerprint density at radius 2 is 1.38 bits per heavy atom. The third-order valence-electron chi connectivity index (χ3n) is 5.64. The normalized spacial score (nSPS) is 19.5. The zero-order chi connectivity index (χ0) is 19.9. The Balaban J connectivity index is 1.68. The van der Waals surface area contributed by atoms with E-state index in [0.29, 0.717) is 11.7 Å². The molecule has 1 fully saturated rings. The fourth-order valence-corrected chi connectivity index (χ4v) is 7.29. The Labute approximate surface area is 175 Å². The fraction of sp³-hybridized carbons (Fsp3) is 0.269. The highest BCUT2D eigenvalue weighted by atomic mass is 31.1. The molecule has 0 amide bonds. The van der Waals surface area contributed by atoms with Gasteiger partial charge in [0.1, 0.15) is 5.75 Å². The van der Waals surface area contributed by atoms with Gasteiger partial charge in [-0.3, -0.25) is 4.99 Å². The Morgan fingerprint density at radius 1 is 0.793 bits per heavy atom. The van der Waals surface area contributed by atoms with Crippen molar-refractivity contribution in [3.05, 3.63) is 90.5 Å². The Morgan fingerprint density at radius 3 is 2.03 bits per heavy atom. The van der Waals surface area contributed by atoms with E-state index >= 15 is 0 Å². The highest BCUT2D eigenvalue weighted by Gasteiger charge is 2.33. The summed E-state index contributed by atoms with van der Waals surface area (Å²) in [7, 11) is 1.28. The molecule has 3 aromatic rings. The van der Waals surface area contributed by atoms with Gasteiger partial charge in [0.25, 0.3) is 0 Å². The van der Waals surface area contributed by atoms with Crippen molar-refractivity contribution >= 4 is 24.7 Å². The first-order valence-electron chi connectivity index (χ1n) is 10.4. The standard InChI is InChI=1S/C26H28NOP/c1-28-25-18-10-8-12-21(25)20-27-24-17-9-11-19-26(24)29(22-13-4-2-5-14-22)23-15-6-3-7-16-23/h2-8,10,12-16,18,20,24,26H,9,11,17,19H2,1H3/t24-,26-/m1/s1. The van der Waals surface area contributed by atoms with E-state index in [9.17, 15) is 0 Å². The molecule has 0 N–H and O–H groups in total. The lowest BCUT2D eigenvalue weighted by Crippen LogP contribution is -2.33. The molecule has 0 heterocycles. The minimum absolute atomic E-state index is 0.347. The molecule has 2 nitrogen and oxygen atoms in total. The van der Waals surface area contributed by atoms with Gasteiger partial charge in [-0.1, -0.05) is 85.6 Å². The number of hydrogen-bond donors (Lipinski definition) is 0. The number of benzene rings is 3. The van der Waals surface area contributed by atoms with Crippen molar-refractivity contribution in [1.82, 2.24) is 0 Å². The molecule has 0 spiro atoms. The van der Waals surface area contributed by atoms with E-state index in [0.717, 1.165) is 17.7 Å². The van der Waals surface area contributed by atoms with Gasteiger partial charge in [-0.2, -0.15) is 0 Å². The quantitative estimate of drug-likeness (QED) is 0.392. The summed E-state index contributed by atoms with van der Waals surface area (Å²) < 4.78 is 5.51. The zero-order valence-corrected chi connectivity index (χ0v) is 17.8. The van der Waals surface area contributed by atoms with Crippen molar-refractivity contribution < 1.29 is 4.74 Å². The molecule has 0 unspecified atom stereocenters. The second kappa shape index (κ2) is 9.85. The Bertz CT molecular complexity index is 886. The second-order valence-electron chi connectivity index (χ2n) is 7.48. The van der Waals surface area contributed by atoms with Crippen LogP contribution in [0.3, 0.4) is 0 Å². The number of rotatable bonds is 6. The monoisotopic (exact) mass is 401 g/mol. The molecule has 1 aliphatic carbocycles. The molecule has 0 bridgehead atoms. The van der Waals surface area contributed by atoms with Crippen molar-refractivity contribution in [3.63, 3.8) is 0 Å². The molecule has 3 heteroatoms.